The SMILES string of the molecule is [B]c1ccc(-c2ccc(OCC)cc2)cc1. The maximum atomic E-state index is 5.65. The second-order valence-electron chi connectivity index (χ2n) is 3.58. The topological polar surface area (TPSA) is 9.23 Å². The third-order valence-corrected chi connectivity index (χ3v) is 2.41. The molecule has 0 fully saturated rings. The number of hydrogen-bond donors (Lipinski definition) is 0. The summed E-state index contributed by atoms with van der Waals surface area (Å²) < 4.78 is 5.40. The Kier molecular flexibility index (Phi) is 3.30. The van der Waals surface area contributed by atoms with Crippen LogP contribution in [-0.4, -0.2) is 14.5 Å². The highest BCUT2D eigenvalue weighted by atomic mass is 16.5. The van der Waals surface area contributed by atoms with Crippen LogP contribution in [0, 0.1) is 0 Å². The molecular weight excluding hydrogens is 195 g/mol. The van der Waals surface area contributed by atoms with Crippen molar-refractivity contribution >= 4 is 13.3 Å². The molecule has 0 bridgehead atoms. The fourth-order valence-electron chi connectivity index (χ4n) is 1.59. The number of benzene rings is 2. The smallest absolute Gasteiger partial charge is 0.119 e. The van der Waals surface area contributed by atoms with Crippen molar-refractivity contribution in [3.05, 3.63) is 48.5 Å². The summed E-state index contributed by atoms with van der Waals surface area (Å²) in [5.41, 5.74) is 3.12. The lowest BCUT2D eigenvalue weighted by Crippen LogP contribution is -1.99. The maximum Gasteiger partial charge on any atom is 0.119 e. The van der Waals surface area contributed by atoms with E-state index in [0.717, 1.165) is 16.8 Å². The monoisotopic (exact) mass is 208 g/mol. The van der Waals surface area contributed by atoms with E-state index in [1.165, 1.54) is 5.56 Å². The van der Waals surface area contributed by atoms with Crippen molar-refractivity contribution in [2.75, 3.05) is 6.61 Å². The molecule has 0 aliphatic heterocycles. The molecule has 0 N–H and O–H groups in total. The summed E-state index contributed by atoms with van der Waals surface area (Å²) in [6.45, 7) is 2.68. The first-order chi connectivity index (χ1) is 7.79. The van der Waals surface area contributed by atoms with Gasteiger partial charge in [0.25, 0.3) is 0 Å². The van der Waals surface area contributed by atoms with Gasteiger partial charge >= 0.3 is 0 Å². The molecule has 0 atom stereocenters. The zero-order chi connectivity index (χ0) is 11.4. The molecule has 2 radical (unpaired) electrons. The van der Waals surface area contributed by atoms with Crippen LogP contribution >= 0.6 is 0 Å². The molecule has 0 heterocycles. The van der Waals surface area contributed by atoms with E-state index in [2.05, 4.69) is 12.1 Å². The third kappa shape index (κ3) is 2.46. The van der Waals surface area contributed by atoms with Gasteiger partial charge in [-0.05, 0) is 30.2 Å². The molecular formula is C14H13BO. The van der Waals surface area contributed by atoms with E-state index in [9.17, 15) is 0 Å². The van der Waals surface area contributed by atoms with E-state index in [1.807, 2.05) is 43.3 Å². The fraction of sp³-hybridized carbons (Fsp3) is 0.143. The van der Waals surface area contributed by atoms with Gasteiger partial charge in [-0.3, -0.25) is 0 Å². The zero-order valence-electron chi connectivity index (χ0n) is 9.31. The second kappa shape index (κ2) is 4.89. The highest BCUT2D eigenvalue weighted by molar-refractivity contribution is 6.32. The van der Waals surface area contributed by atoms with Crippen molar-refractivity contribution in [3.8, 4) is 16.9 Å². The van der Waals surface area contributed by atoms with E-state index < -0.39 is 0 Å². The zero-order valence-corrected chi connectivity index (χ0v) is 9.31. The van der Waals surface area contributed by atoms with Crippen LogP contribution < -0.4 is 10.2 Å². The minimum Gasteiger partial charge on any atom is -0.494 e. The predicted octanol–water partition coefficient (Wildman–Crippen LogP) is 2.55. The first kappa shape index (κ1) is 10.8. The Balaban J connectivity index is 2.24. The molecule has 16 heavy (non-hydrogen) atoms. The van der Waals surface area contributed by atoms with Gasteiger partial charge in [-0.2, -0.15) is 0 Å². The summed E-state index contributed by atoms with van der Waals surface area (Å²) in [6.07, 6.45) is 0. The molecule has 2 aromatic rings. The van der Waals surface area contributed by atoms with Crippen LogP contribution in [0.4, 0.5) is 0 Å². The lowest BCUT2D eigenvalue weighted by atomic mass is 9.94. The van der Waals surface area contributed by atoms with Gasteiger partial charge in [-0.25, -0.2) is 0 Å². The Hall–Kier alpha value is -1.70. The Morgan fingerprint density at radius 2 is 1.38 bits per heavy atom. The van der Waals surface area contributed by atoms with Gasteiger partial charge in [-0.15, -0.1) is 0 Å². The second-order valence-corrected chi connectivity index (χ2v) is 3.58. The van der Waals surface area contributed by atoms with E-state index >= 15 is 0 Å². The molecule has 78 valence electrons. The predicted molar refractivity (Wildman–Crippen MR) is 68.4 cm³/mol. The minimum atomic E-state index is 0.696. The standard InChI is InChI=1S/C14H13BO/c1-2-16-14-9-5-12(6-10-14)11-3-7-13(15)8-4-11/h3-10H,2H2,1H3. The van der Waals surface area contributed by atoms with Crippen LogP contribution in [0.25, 0.3) is 11.1 Å². The summed E-state index contributed by atoms with van der Waals surface area (Å²) in [4.78, 5) is 0. The number of ether oxygens (including phenoxy) is 1. The molecule has 0 unspecified atom stereocenters. The normalized spacial score (nSPS) is 10.1. The highest BCUT2D eigenvalue weighted by Crippen LogP contribution is 2.21. The molecule has 0 saturated carbocycles. The van der Waals surface area contributed by atoms with Gasteiger partial charge in [0.2, 0.25) is 0 Å². The van der Waals surface area contributed by atoms with E-state index in [4.69, 9.17) is 12.6 Å². The van der Waals surface area contributed by atoms with Crippen molar-refractivity contribution in [1.29, 1.82) is 0 Å². The molecule has 2 heteroatoms. The summed E-state index contributed by atoms with van der Waals surface area (Å²) in [7, 11) is 5.65. The molecule has 0 aliphatic rings. The summed E-state index contributed by atoms with van der Waals surface area (Å²) >= 11 is 0. The molecule has 1 nitrogen and oxygen atoms in total. The Labute approximate surface area is 97.5 Å². The van der Waals surface area contributed by atoms with Gasteiger partial charge in [-0.1, -0.05) is 41.9 Å². The Bertz CT molecular complexity index is 445. The lowest BCUT2D eigenvalue weighted by Gasteiger charge is -2.05. The number of hydrogen-bond acceptors (Lipinski definition) is 1. The van der Waals surface area contributed by atoms with Crippen LogP contribution in [-0.2, 0) is 0 Å². The largest absolute Gasteiger partial charge is 0.494 e. The van der Waals surface area contributed by atoms with Crippen LogP contribution in [0.5, 0.6) is 5.75 Å². The molecule has 2 aromatic carbocycles. The highest BCUT2D eigenvalue weighted by Gasteiger charge is 1.97. The fourth-order valence-corrected chi connectivity index (χ4v) is 1.59. The first-order valence-corrected chi connectivity index (χ1v) is 5.38. The van der Waals surface area contributed by atoms with Crippen LogP contribution in [0.3, 0.4) is 0 Å². The van der Waals surface area contributed by atoms with Gasteiger partial charge in [0.15, 0.2) is 0 Å². The van der Waals surface area contributed by atoms with E-state index in [-0.39, 0.29) is 0 Å². The summed E-state index contributed by atoms with van der Waals surface area (Å²) in [6, 6.07) is 15.9. The average Bonchev–Trinajstić information content (AvgIpc) is 2.32. The van der Waals surface area contributed by atoms with Gasteiger partial charge in [0, 0.05) is 0 Å². The Morgan fingerprint density at radius 3 is 1.88 bits per heavy atom. The quantitative estimate of drug-likeness (QED) is 0.704. The molecule has 2 rings (SSSR count). The van der Waals surface area contributed by atoms with Crippen molar-refractivity contribution < 1.29 is 4.74 Å². The van der Waals surface area contributed by atoms with Gasteiger partial charge < -0.3 is 4.74 Å². The molecule has 0 aliphatic carbocycles. The van der Waals surface area contributed by atoms with Gasteiger partial charge in [0.1, 0.15) is 13.6 Å². The summed E-state index contributed by atoms with van der Waals surface area (Å²) in [5, 5.41) is 0. The van der Waals surface area contributed by atoms with Crippen LogP contribution in [0.2, 0.25) is 0 Å². The molecule has 0 spiro atoms. The van der Waals surface area contributed by atoms with Crippen molar-refractivity contribution in [1.82, 2.24) is 0 Å². The van der Waals surface area contributed by atoms with Crippen LogP contribution in [0.1, 0.15) is 6.92 Å². The Morgan fingerprint density at radius 1 is 0.875 bits per heavy atom. The van der Waals surface area contributed by atoms with Crippen molar-refractivity contribution in [2.45, 2.75) is 6.92 Å². The number of rotatable bonds is 3. The third-order valence-electron chi connectivity index (χ3n) is 2.41. The van der Waals surface area contributed by atoms with E-state index in [0.29, 0.717) is 6.61 Å². The van der Waals surface area contributed by atoms with Crippen LogP contribution in [0.15, 0.2) is 48.5 Å². The van der Waals surface area contributed by atoms with Gasteiger partial charge in [0.05, 0.1) is 6.61 Å². The minimum absolute atomic E-state index is 0.696. The maximum absolute atomic E-state index is 5.65. The van der Waals surface area contributed by atoms with E-state index in [1.54, 1.807) is 0 Å². The first-order valence-electron chi connectivity index (χ1n) is 5.38. The molecule has 0 saturated heterocycles. The molecule has 0 aromatic heterocycles. The molecule has 0 amide bonds. The lowest BCUT2D eigenvalue weighted by molar-refractivity contribution is 0.340. The van der Waals surface area contributed by atoms with Crippen molar-refractivity contribution in [3.63, 3.8) is 0 Å². The van der Waals surface area contributed by atoms with Crippen molar-refractivity contribution in [2.24, 2.45) is 0 Å². The average molecular weight is 208 g/mol. The summed E-state index contributed by atoms with van der Waals surface area (Å²) in [5.74, 6) is 0.904.